The molecule has 394 valence electrons. The Morgan fingerprint density at radius 1 is 0.319 bits per heavy atom. The standard InChI is InChI=1S/C63H106O6/c1-4-7-10-13-16-19-22-25-28-30-31-33-35-38-41-44-47-50-53-56-62(65)68-59-60(58-67-61(64)55-52-49-46-43-40-37-34-27-24-21-18-15-12-9-6-3)69-63(66)57-54-51-48-45-42-39-36-32-29-26-23-20-17-14-11-8-5-2/h9,12,15-16,18-19,21-22,24-26,29,36,39,45,48,60H,4-8,10-11,13-14,17,20,23,27-28,30-35,37-38,40-44,46-47,49-59H2,1-3H3/b12-9-,18-15-,19-16-,24-21-,25-22-,29-26-,39-36-,48-45-. The SMILES string of the molecule is CC\C=C/C=C\C=C/CCCCCCCCCC(=O)OCC(COC(=O)CCCCCCCCCCCC/C=C\C=C/CCCCC)OC(=O)CCC/C=C\C/C=C\C/C=C\CCCCCCCC. The lowest BCUT2D eigenvalue weighted by Crippen LogP contribution is -2.30. The predicted molar refractivity (Wildman–Crippen MR) is 297 cm³/mol. The minimum Gasteiger partial charge on any atom is -0.462 e. The zero-order valence-electron chi connectivity index (χ0n) is 45.0. The molecule has 0 aromatic heterocycles. The topological polar surface area (TPSA) is 78.9 Å². The van der Waals surface area contributed by atoms with Gasteiger partial charge in [0.1, 0.15) is 13.2 Å². The number of carbonyl (C=O) groups excluding carboxylic acids is 3. The highest BCUT2D eigenvalue weighted by Gasteiger charge is 2.19. The van der Waals surface area contributed by atoms with Crippen molar-refractivity contribution in [3.8, 4) is 0 Å². The minimum absolute atomic E-state index is 0.104. The van der Waals surface area contributed by atoms with Crippen LogP contribution in [0.25, 0.3) is 0 Å². The van der Waals surface area contributed by atoms with Crippen LogP contribution in [0.5, 0.6) is 0 Å². The summed E-state index contributed by atoms with van der Waals surface area (Å²) in [6, 6.07) is 0. The van der Waals surface area contributed by atoms with Crippen molar-refractivity contribution in [2.75, 3.05) is 13.2 Å². The summed E-state index contributed by atoms with van der Waals surface area (Å²) in [5, 5.41) is 0. The van der Waals surface area contributed by atoms with Gasteiger partial charge in [0.25, 0.3) is 0 Å². The number of allylic oxidation sites excluding steroid dienone is 16. The Balaban J connectivity index is 4.47. The van der Waals surface area contributed by atoms with Crippen LogP contribution in [0, 0.1) is 0 Å². The van der Waals surface area contributed by atoms with Crippen LogP contribution in [-0.2, 0) is 28.6 Å². The molecule has 0 fully saturated rings. The fourth-order valence-corrected chi connectivity index (χ4v) is 7.80. The third-order valence-electron chi connectivity index (χ3n) is 12.1. The van der Waals surface area contributed by atoms with Crippen molar-refractivity contribution in [3.05, 3.63) is 97.2 Å². The molecule has 0 spiro atoms. The molecular weight excluding hydrogens is 853 g/mol. The summed E-state index contributed by atoms with van der Waals surface area (Å²) in [7, 11) is 0. The molecule has 6 nitrogen and oxygen atoms in total. The molecule has 0 bridgehead atoms. The Morgan fingerprint density at radius 2 is 0.638 bits per heavy atom. The lowest BCUT2D eigenvalue weighted by Gasteiger charge is -2.18. The van der Waals surface area contributed by atoms with Gasteiger partial charge >= 0.3 is 17.9 Å². The first-order chi connectivity index (χ1) is 34.0. The second kappa shape index (κ2) is 56.9. The van der Waals surface area contributed by atoms with Gasteiger partial charge in [0, 0.05) is 19.3 Å². The number of hydrogen-bond acceptors (Lipinski definition) is 6. The summed E-state index contributed by atoms with van der Waals surface area (Å²) in [6.45, 7) is 6.43. The van der Waals surface area contributed by atoms with Crippen LogP contribution in [0.15, 0.2) is 97.2 Å². The van der Waals surface area contributed by atoms with Gasteiger partial charge in [0.2, 0.25) is 0 Å². The maximum Gasteiger partial charge on any atom is 0.306 e. The van der Waals surface area contributed by atoms with E-state index >= 15 is 0 Å². The second-order valence-electron chi connectivity index (χ2n) is 18.9. The summed E-state index contributed by atoms with van der Waals surface area (Å²) < 4.78 is 16.8. The van der Waals surface area contributed by atoms with Crippen molar-refractivity contribution in [1.82, 2.24) is 0 Å². The van der Waals surface area contributed by atoms with E-state index in [1.807, 2.05) is 0 Å². The molecule has 6 heteroatoms. The Morgan fingerprint density at radius 3 is 1.09 bits per heavy atom. The van der Waals surface area contributed by atoms with Gasteiger partial charge in [0.15, 0.2) is 6.10 Å². The second-order valence-corrected chi connectivity index (χ2v) is 18.9. The quantitative estimate of drug-likeness (QED) is 0.0199. The Kier molecular flexibility index (Phi) is 53.9. The van der Waals surface area contributed by atoms with Crippen LogP contribution < -0.4 is 0 Å². The monoisotopic (exact) mass is 959 g/mol. The average molecular weight is 960 g/mol. The molecular formula is C63H106O6. The highest BCUT2D eigenvalue weighted by molar-refractivity contribution is 5.71. The molecule has 0 amide bonds. The average Bonchev–Trinajstić information content (AvgIpc) is 3.35. The zero-order chi connectivity index (χ0) is 50.0. The number of carbonyl (C=O) groups is 3. The highest BCUT2D eigenvalue weighted by Crippen LogP contribution is 2.15. The van der Waals surface area contributed by atoms with E-state index in [2.05, 4.69) is 118 Å². The smallest absolute Gasteiger partial charge is 0.306 e. The number of esters is 3. The van der Waals surface area contributed by atoms with E-state index in [0.29, 0.717) is 19.3 Å². The summed E-state index contributed by atoms with van der Waals surface area (Å²) in [5.74, 6) is -0.969. The molecule has 0 N–H and O–H groups in total. The van der Waals surface area contributed by atoms with Crippen molar-refractivity contribution < 1.29 is 28.6 Å². The van der Waals surface area contributed by atoms with Gasteiger partial charge in [-0.05, 0) is 96.3 Å². The molecule has 0 aliphatic heterocycles. The lowest BCUT2D eigenvalue weighted by molar-refractivity contribution is -0.167. The molecule has 0 rings (SSSR count). The first-order valence-electron chi connectivity index (χ1n) is 28.8. The molecule has 0 radical (unpaired) electrons. The maximum absolute atomic E-state index is 12.8. The Hall–Kier alpha value is -3.67. The molecule has 1 unspecified atom stereocenters. The third kappa shape index (κ3) is 55.1. The van der Waals surface area contributed by atoms with Gasteiger partial charge in [-0.2, -0.15) is 0 Å². The van der Waals surface area contributed by atoms with E-state index in [4.69, 9.17) is 14.2 Å². The summed E-state index contributed by atoms with van der Waals surface area (Å²) in [4.78, 5) is 38.1. The van der Waals surface area contributed by atoms with Crippen molar-refractivity contribution in [2.45, 2.75) is 271 Å². The number of hydrogen-bond donors (Lipinski definition) is 0. The first-order valence-corrected chi connectivity index (χ1v) is 28.8. The van der Waals surface area contributed by atoms with Gasteiger partial charge in [-0.3, -0.25) is 14.4 Å². The molecule has 1 atom stereocenters. The summed E-state index contributed by atoms with van der Waals surface area (Å²) in [5.41, 5.74) is 0. The third-order valence-corrected chi connectivity index (χ3v) is 12.1. The van der Waals surface area contributed by atoms with E-state index in [1.165, 1.54) is 148 Å². The molecule has 0 aliphatic rings. The lowest BCUT2D eigenvalue weighted by atomic mass is 10.1. The van der Waals surface area contributed by atoms with E-state index in [-0.39, 0.29) is 37.5 Å². The first kappa shape index (κ1) is 65.3. The van der Waals surface area contributed by atoms with Gasteiger partial charge in [-0.15, -0.1) is 0 Å². The Labute approximate surface area is 426 Å². The van der Waals surface area contributed by atoms with E-state index < -0.39 is 6.10 Å². The van der Waals surface area contributed by atoms with E-state index in [9.17, 15) is 14.4 Å². The minimum atomic E-state index is -0.812. The molecule has 0 saturated heterocycles. The highest BCUT2D eigenvalue weighted by atomic mass is 16.6. The maximum atomic E-state index is 12.8. The van der Waals surface area contributed by atoms with Gasteiger partial charge in [-0.1, -0.05) is 246 Å². The molecule has 0 heterocycles. The number of ether oxygens (including phenoxy) is 3. The molecule has 69 heavy (non-hydrogen) atoms. The predicted octanol–water partition coefficient (Wildman–Crippen LogP) is 19.3. The summed E-state index contributed by atoms with van der Waals surface area (Å²) in [6.07, 6.45) is 75.4. The van der Waals surface area contributed by atoms with E-state index in [1.54, 1.807) is 0 Å². The van der Waals surface area contributed by atoms with Crippen LogP contribution >= 0.6 is 0 Å². The van der Waals surface area contributed by atoms with Crippen LogP contribution in [0.4, 0.5) is 0 Å². The Bertz CT molecular complexity index is 1380. The van der Waals surface area contributed by atoms with Gasteiger partial charge in [-0.25, -0.2) is 0 Å². The van der Waals surface area contributed by atoms with Crippen LogP contribution in [-0.4, -0.2) is 37.2 Å². The van der Waals surface area contributed by atoms with Gasteiger partial charge < -0.3 is 14.2 Å². The molecule has 0 aliphatic carbocycles. The number of rotatable bonds is 51. The van der Waals surface area contributed by atoms with Crippen molar-refractivity contribution in [3.63, 3.8) is 0 Å². The van der Waals surface area contributed by atoms with Crippen molar-refractivity contribution in [2.24, 2.45) is 0 Å². The molecule has 0 saturated carbocycles. The number of unbranched alkanes of at least 4 members (excludes halogenated alkanes) is 27. The fraction of sp³-hybridized carbons (Fsp3) is 0.698. The molecule has 0 aromatic rings. The van der Waals surface area contributed by atoms with Crippen LogP contribution in [0.2, 0.25) is 0 Å². The molecule has 0 aromatic carbocycles. The van der Waals surface area contributed by atoms with Crippen LogP contribution in [0.1, 0.15) is 265 Å². The summed E-state index contributed by atoms with van der Waals surface area (Å²) >= 11 is 0. The van der Waals surface area contributed by atoms with E-state index in [0.717, 1.165) is 70.6 Å². The fourth-order valence-electron chi connectivity index (χ4n) is 7.80. The van der Waals surface area contributed by atoms with Crippen molar-refractivity contribution >= 4 is 17.9 Å². The van der Waals surface area contributed by atoms with Gasteiger partial charge in [0.05, 0.1) is 0 Å². The van der Waals surface area contributed by atoms with Crippen LogP contribution in [0.3, 0.4) is 0 Å². The zero-order valence-corrected chi connectivity index (χ0v) is 45.0. The van der Waals surface area contributed by atoms with Crippen molar-refractivity contribution in [1.29, 1.82) is 0 Å². The normalized spacial score (nSPS) is 12.8. The largest absolute Gasteiger partial charge is 0.462 e.